The van der Waals surface area contributed by atoms with Crippen LogP contribution >= 0.6 is 0 Å². The molecule has 6 rings (SSSR count). The van der Waals surface area contributed by atoms with Crippen molar-refractivity contribution in [1.29, 1.82) is 0 Å². The van der Waals surface area contributed by atoms with Crippen molar-refractivity contribution in [2.24, 2.45) is 0 Å². The van der Waals surface area contributed by atoms with Crippen LogP contribution in [0.1, 0.15) is 0 Å². The first-order chi connectivity index (χ1) is 22.3. The quantitative estimate of drug-likeness (QED) is 0.168. The summed E-state index contributed by atoms with van der Waals surface area (Å²) >= 11 is 0. The summed E-state index contributed by atoms with van der Waals surface area (Å²) in [5, 5.41) is 0.500. The molecular formula is C36H30O10. The molecular weight excluding hydrogens is 592 g/mol. The molecule has 0 bridgehead atoms. The minimum Gasteiger partial charge on any atom is -0.497 e. The topological polar surface area (TPSA) is 116 Å². The molecule has 0 aliphatic carbocycles. The molecule has 0 saturated heterocycles. The number of benzene rings is 4. The van der Waals surface area contributed by atoms with Crippen LogP contribution in [0.25, 0.3) is 55.7 Å². The van der Waals surface area contributed by atoms with Gasteiger partial charge in [0.25, 0.3) is 0 Å². The van der Waals surface area contributed by atoms with Crippen LogP contribution in [0.15, 0.2) is 91.2 Å². The van der Waals surface area contributed by atoms with Gasteiger partial charge < -0.3 is 37.3 Å². The zero-order valence-electron chi connectivity index (χ0n) is 26.0. The number of ether oxygens (including phenoxy) is 6. The monoisotopic (exact) mass is 622 g/mol. The molecule has 0 fully saturated rings. The largest absolute Gasteiger partial charge is 0.497 e. The van der Waals surface area contributed by atoms with Crippen LogP contribution in [0.2, 0.25) is 0 Å². The molecule has 4 aromatic carbocycles. The van der Waals surface area contributed by atoms with Crippen LogP contribution in [0.4, 0.5) is 0 Å². The highest BCUT2D eigenvalue weighted by Gasteiger charge is 2.25. The van der Waals surface area contributed by atoms with Crippen LogP contribution < -0.4 is 39.3 Å². The molecule has 10 heteroatoms. The van der Waals surface area contributed by atoms with E-state index in [1.54, 1.807) is 73.8 Å². The average molecular weight is 623 g/mol. The first kappa shape index (κ1) is 30.1. The van der Waals surface area contributed by atoms with Crippen LogP contribution in [0.5, 0.6) is 34.5 Å². The van der Waals surface area contributed by atoms with Crippen LogP contribution in [0, 0.1) is 0 Å². The lowest BCUT2D eigenvalue weighted by Crippen LogP contribution is -2.10. The Morgan fingerprint density at radius 1 is 0.500 bits per heavy atom. The first-order valence-electron chi connectivity index (χ1n) is 14.1. The van der Waals surface area contributed by atoms with E-state index in [1.807, 2.05) is 0 Å². The summed E-state index contributed by atoms with van der Waals surface area (Å²) in [7, 11) is 9.05. The lowest BCUT2D eigenvalue weighted by Gasteiger charge is -2.16. The number of fused-ring (bicyclic) bond motifs is 2. The standard InChI is InChI=1S/C36H30O10/c1-39-21-10-7-19(8-11-21)36-32(35(38)34-29(44-6)15-23(41-3)17-31(34)46-36)24-13-20(9-12-26(24)42-4)27-18-25(37)33-28(43-5)14-22(40-2)16-30(33)45-27/h7-18H,1-6H3. The van der Waals surface area contributed by atoms with Crippen molar-refractivity contribution >= 4 is 21.9 Å². The lowest BCUT2D eigenvalue weighted by atomic mass is 9.95. The molecule has 0 N–H and O–H groups in total. The summed E-state index contributed by atoms with van der Waals surface area (Å²) in [6.07, 6.45) is 0. The predicted molar refractivity (Wildman–Crippen MR) is 174 cm³/mol. The average Bonchev–Trinajstić information content (AvgIpc) is 3.09. The summed E-state index contributed by atoms with van der Waals surface area (Å²) < 4.78 is 45.7. The fourth-order valence-corrected chi connectivity index (χ4v) is 5.43. The Bertz CT molecular complexity index is 2210. The van der Waals surface area contributed by atoms with E-state index in [0.29, 0.717) is 45.4 Å². The highest BCUT2D eigenvalue weighted by molar-refractivity contribution is 5.95. The van der Waals surface area contributed by atoms with Crippen molar-refractivity contribution in [2.45, 2.75) is 0 Å². The second kappa shape index (κ2) is 12.2. The lowest BCUT2D eigenvalue weighted by molar-refractivity contribution is 0.396. The van der Waals surface area contributed by atoms with E-state index in [0.717, 1.165) is 0 Å². The molecule has 0 amide bonds. The molecule has 46 heavy (non-hydrogen) atoms. The summed E-state index contributed by atoms with van der Waals surface area (Å²) in [5.41, 5.74) is 1.62. The van der Waals surface area contributed by atoms with Gasteiger partial charge in [0, 0.05) is 47.0 Å². The van der Waals surface area contributed by atoms with Crippen LogP contribution in [0.3, 0.4) is 0 Å². The van der Waals surface area contributed by atoms with E-state index >= 15 is 0 Å². The molecule has 2 aromatic heterocycles. The normalized spacial score (nSPS) is 11.0. The van der Waals surface area contributed by atoms with Gasteiger partial charge in [-0.15, -0.1) is 0 Å². The summed E-state index contributed by atoms with van der Waals surface area (Å²) in [5.74, 6) is 3.09. The van der Waals surface area contributed by atoms with Gasteiger partial charge in [-0.2, -0.15) is 0 Å². The molecule has 0 aliphatic rings. The molecule has 0 saturated carbocycles. The van der Waals surface area contributed by atoms with Crippen molar-refractivity contribution in [3.8, 4) is 68.3 Å². The summed E-state index contributed by atoms with van der Waals surface area (Å²) in [6, 6.07) is 20.2. The summed E-state index contributed by atoms with van der Waals surface area (Å²) in [6.45, 7) is 0. The Hall–Kier alpha value is -5.90. The van der Waals surface area contributed by atoms with Gasteiger partial charge in [0.2, 0.25) is 5.43 Å². The van der Waals surface area contributed by atoms with Gasteiger partial charge in [0.1, 0.15) is 68.0 Å². The number of hydrogen-bond acceptors (Lipinski definition) is 10. The molecule has 0 radical (unpaired) electrons. The molecule has 10 nitrogen and oxygen atoms in total. The maximum Gasteiger partial charge on any atom is 0.205 e. The number of rotatable bonds is 9. The molecule has 0 aliphatic heterocycles. The Balaban J connectivity index is 1.66. The van der Waals surface area contributed by atoms with E-state index in [2.05, 4.69) is 0 Å². The zero-order valence-corrected chi connectivity index (χ0v) is 26.0. The van der Waals surface area contributed by atoms with Gasteiger partial charge in [-0.05, 0) is 42.5 Å². The van der Waals surface area contributed by atoms with Gasteiger partial charge in [-0.3, -0.25) is 9.59 Å². The molecule has 234 valence electrons. The van der Waals surface area contributed by atoms with Crippen molar-refractivity contribution in [1.82, 2.24) is 0 Å². The maximum absolute atomic E-state index is 14.5. The molecule has 2 heterocycles. The molecule has 0 unspecified atom stereocenters. The minimum atomic E-state index is -0.364. The molecule has 0 spiro atoms. The Kier molecular flexibility index (Phi) is 8.02. The second-order valence-electron chi connectivity index (χ2n) is 10.2. The zero-order chi connectivity index (χ0) is 32.5. The van der Waals surface area contributed by atoms with Gasteiger partial charge in [-0.25, -0.2) is 0 Å². The van der Waals surface area contributed by atoms with E-state index in [9.17, 15) is 9.59 Å². The van der Waals surface area contributed by atoms with Crippen molar-refractivity contribution in [2.75, 3.05) is 42.7 Å². The van der Waals surface area contributed by atoms with Crippen molar-refractivity contribution in [3.05, 3.63) is 93.2 Å². The predicted octanol–water partition coefficient (Wildman–Crippen LogP) is 6.95. The smallest absolute Gasteiger partial charge is 0.205 e. The Labute approximate surface area is 263 Å². The SMILES string of the molecule is COc1ccc(-c2oc3cc(OC)cc(OC)c3c(=O)c2-c2cc(-c3cc(=O)c4c(OC)cc(OC)cc4o3)ccc2OC)cc1. The van der Waals surface area contributed by atoms with E-state index in [-0.39, 0.29) is 55.6 Å². The highest BCUT2D eigenvalue weighted by Crippen LogP contribution is 2.42. The van der Waals surface area contributed by atoms with Crippen molar-refractivity contribution in [3.63, 3.8) is 0 Å². The second-order valence-corrected chi connectivity index (χ2v) is 10.2. The van der Waals surface area contributed by atoms with E-state index in [4.69, 9.17) is 37.3 Å². The van der Waals surface area contributed by atoms with Crippen molar-refractivity contribution < 1.29 is 37.3 Å². The number of methoxy groups -OCH3 is 6. The highest BCUT2D eigenvalue weighted by atomic mass is 16.5. The van der Waals surface area contributed by atoms with E-state index in [1.165, 1.54) is 41.6 Å². The van der Waals surface area contributed by atoms with Crippen LogP contribution in [-0.4, -0.2) is 42.7 Å². The summed E-state index contributed by atoms with van der Waals surface area (Å²) in [4.78, 5) is 27.9. The Morgan fingerprint density at radius 3 is 1.65 bits per heavy atom. The Morgan fingerprint density at radius 2 is 1.07 bits per heavy atom. The molecule has 0 atom stereocenters. The fraction of sp³-hybridized carbons (Fsp3) is 0.167. The van der Waals surface area contributed by atoms with Gasteiger partial charge in [0.15, 0.2) is 5.43 Å². The van der Waals surface area contributed by atoms with Gasteiger partial charge in [0.05, 0.1) is 48.2 Å². The number of hydrogen-bond donors (Lipinski definition) is 0. The first-order valence-corrected chi connectivity index (χ1v) is 14.1. The molecule has 6 aromatic rings. The van der Waals surface area contributed by atoms with Gasteiger partial charge >= 0.3 is 0 Å². The fourth-order valence-electron chi connectivity index (χ4n) is 5.43. The maximum atomic E-state index is 14.5. The third kappa shape index (κ3) is 5.13. The van der Waals surface area contributed by atoms with Gasteiger partial charge in [-0.1, -0.05) is 0 Å². The minimum absolute atomic E-state index is 0.214. The van der Waals surface area contributed by atoms with E-state index < -0.39 is 0 Å². The third-order valence-corrected chi connectivity index (χ3v) is 7.72. The van der Waals surface area contributed by atoms with Crippen LogP contribution in [-0.2, 0) is 0 Å². The third-order valence-electron chi connectivity index (χ3n) is 7.72.